The van der Waals surface area contributed by atoms with E-state index >= 15 is 0 Å². The number of rotatable bonds is 9. The second-order valence-corrected chi connectivity index (χ2v) is 8.29. The normalized spacial score (nSPS) is 21.1. The number of benzene rings is 1. The van der Waals surface area contributed by atoms with Crippen molar-refractivity contribution in [3.05, 3.63) is 35.9 Å². The third-order valence-corrected chi connectivity index (χ3v) is 5.81. The summed E-state index contributed by atoms with van der Waals surface area (Å²) in [7, 11) is 0. The second kappa shape index (κ2) is 12.2. The number of nitrogens with zero attached hydrogens (tertiary/aromatic N) is 3. The molecule has 0 saturated carbocycles. The van der Waals surface area contributed by atoms with Crippen LogP contribution >= 0.6 is 0 Å². The van der Waals surface area contributed by atoms with Gasteiger partial charge in [-0.1, -0.05) is 37.3 Å². The van der Waals surface area contributed by atoms with E-state index in [9.17, 15) is 0 Å². The maximum atomic E-state index is 5.45. The second-order valence-electron chi connectivity index (χ2n) is 8.29. The molecule has 0 aromatic heterocycles. The molecule has 2 saturated heterocycles. The van der Waals surface area contributed by atoms with E-state index in [1.165, 1.54) is 31.5 Å². The lowest BCUT2D eigenvalue weighted by Gasteiger charge is -2.29. The topological polar surface area (TPSA) is 52.1 Å². The van der Waals surface area contributed by atoms with Gasteiger partial charge >= 0.3 is 0 Å². The summed E-state index contributed by atoms with van der Waals surface area (Å²) in [6, 6.07) is 11.3. The minimum atomic E-state index is 0.397. The zero-order valence-corrected chi connectivity index (χ0v) is 18.3. The van der Waals surface area contributed by atoms with Crippen molar-refractivity contribution in [1.29, 1.82) is 0 Å². The molecule has 2 aliphatic rings. The standard InChI is InChI=1S/C23H39N5O/c1-3-24-23(25-17-20(2)19-27-13-15-29-16-14-27)26-18-22(28-11-7-8-12-28)21-9-5-4-6-10-21/h4-6,9-10,20,22H,3,7-8,11-19H2,1-2H3,(H2,24,25,26). The molecule has 1 aromatic carbocycles. The molecule has 0 spiro atoms. The van der Waals surface area contributed by atoms with Crippen molar-refractivity contribution in [3.63, 3.8) is 0 Å². The number of morpholine rings is 1. The van der Waals surface area contributed by atoms with Crippen molar-refractivity contribution < 1.29 is 4.74 Å². The highest BCUT2D eigenvalue weighted by Crippen LogP contribution is 2.24. The first kappa shape index (κ1) is 22.1. The van der Waals surface area contributed by atoms with Gasteiger partial charge in [-0.15, -0.1) is 0 Å². The van der Waals surface area contributed by atoms with Crippen molar-refractivity contribution in [1.82, 2.24) is 20.4 Å². The molecule has 6 nitrogen and oxygen atoms in total. The van der Waals surface area contributed by atoms with Gasteiger partial charge in [-0.25, -0.2) is 0 Å². The molecule has 2 unspecified atom stereocenters. The molecule has 2 fully saturated rings. The molecule has 0 amide bonds. The summed E-state index contributed by atoms with van der Waals surface area (Å²) in [4.78, 5) is 9.98. The van der Waals surface area contributed by atoms with Crippen LogP contribution in [-0.4, -0.2) is 81.3 Å². The first-order chi connectivity index (χ1) is 14.3. The Bertz CT molecular complexity index is 597. The summed E-state index contributed by atoms with van der Waals surface area (Å²) in [6.07, 6.45) is 2.60. The Morgan fingerprint density at radius 1 is 1.07 bits per heavy atom. The molecule has 3 rings (SSSR count). The first-order valence-electron chi connectivity index (χ1n) is 11.4. The van der Waals surface area contributed by atoms with Crippen LogP contribution in [0.15, 0.2) is 35.3 Å². The summed E-state index contributed by atoms with van der Waals surface area (Å²) >= 11 is 0. The molecule has 29 heavy (non-hydrogen) atoms. The third-order valence-electron chi connectivity index (χ3n) is 5.81. The van der Waals surface area contributed by atoms with E-state index in [-0.39, 0.29) is 0 Å². The van der Waals surface area contributed by atoms with Crippen molar-refractivity contribution in [3.8, 4) is 0 Å². The molecule has 0 bridgehead atoms. The van der Waals surface area contributed by atoms with Crippen LogP contribution in [0, 0.1) is 5.92 Å². The van der Waals surface area contributed by atoms with Crippen LogP contribution < -0.4 is 10.6 Å². The Morgan fingerprint density at radius 2 is 1.79 bits per heavy atom. The van der Waals surface area contributed by atoms with Crippen LogP contribution in [0.4, 0.5) is 0 Å². The average Bonchev–Trinajstić information content (AvgIpc) is 3.28. The predicted molar refractivity (Wildman–Crippen MR) is 120 cm³/mol. The largest absolute Gasteiger partial charge is 0.379 e. The number of nitrogens with one attached hydrogen (secondary N) is 2. The lowest BCUT2D eigenvalue weighted by Crippen LogP contribution is -2.43. The number of ether oxygens (including phenoxy) is 1. The molecular weight excluding hydrogens is 362 g/mol. The average molecular weight is 402 g/mol. The van der Waals surface area contributed by atoms with E-state index < -0.39 is 0 Å². The number of aliphatic imine (C=N–C) groups is 1. The van der Waals surface area contributed by atoms with Gasteiger partial charge in [0.25, 0.3) is 0 Å². The highest BCUT2D eigenvalue weighted by molar-refractivity contribution is 5.79. The summed E-state index contributed by atoms with van der Waals surface area (Å²) < 4.78 is 5.45. The lowest BCUT2D eigenvalue weighted by atomic mass is 10.1. The highest BCUT2D eigenvalue weighted by Gasteiger charge is 2.23. The first-order valence-corrected chi connectivity index (χ1v) is 11.4. The van der Waals surface area contributed by atoms with Gasteiger partial charge in [-0.2, -0.15) is 0 Å². The SMILES string of the molecule is CCNC(=NCC(C)CN1CCOCC1)NCC(c1ccccc1)N1CCCC1. The molecule has 2 atom stereocenters. The van der Waals surface area contributed by atoms with Crippen molar-refractivity contribution in [2.75, 3.05) is 65.6 Å². The van der Waals surface area contributed by atoms with Crippen molar-refractivity contribution >= 4 is 5.96 Å². The Labute approximate surface area is 176 Å². The van der Waals surface area contributed by atoms with Crippen LogP contribution in [0.2, 0.25) is 0 Å². The van der Waals surface area contributed by atoms with Gasteiger partial charge < -0.3 is 15.4 Å². The van der Waals surface area contributed by atoms with Gasteiger partial charge in [0.1, 0.15) is 0 Å². The third kappa shape index (κ3) is 7.28. The Hall–Kier alpha value is -1.63. The van der Waals surface area contributed by atoms with Gasteiger partial charge in [-0.3, -0.25) is 14.8 Å². The zero-order chi connectivity index (χ0) is 20.3. The number of hydrogen-bond donors (Lipinski definition) is 2. The van der Waals surface area contributed by atoms with Crippen LogP contribution in [0.25, 0.3) is 0 Å². The van der Waals surface area contributed by atoms with E-state index in [1.807, 2.05) is 0 Å². The van der Waals surface area contributed by atoms with Crippen LogP contribution in [0.3, 0.4) is 0 Å². The number of guanidine groups is 1. The zero-order valence-electron chi connectivity index (χ0n) is 18.3. The van der Waals surface area contributed by atoms with Crippen LogP contribution in [0.5, 0.6) is 0 Å². The summed E-state index contributed by atoms with van der Waals surface area (Å²) in [5, 5.41) is 7.04. The molecule has 0 aliphatic carbocycles. The molecule has 2 heterocycles. The number of hydrogen-bond acceptors (Lipinski definition) is 4. The van der Waals surface area contributed by atoms with E-state index in [4.69, 9.17) is 9.73 Å². The maximum Gasteiger partial charge on any atom is 0.191 e. The van der Waals surface area contributed by atoms with E-state index in [0.717, 1.165) is 58.4 Å². The maximum absolute atomic E-state index is 5.45. The van der Waals surface area contributed by atoms with Crippen molar-refractivity contribution in [2.24, 2.45) is 10.9 Å². The fourth-order valence-corrected chi connectivity index (χ4v) is 4.25. The molecule has 1 aromatic rings. The van der Waals surface area contributed by atoms with Crippen LogP contribution in [0.1, 0.15) is 38.3 Å². The summed E-state index contributed by atoms with van der Waals surface area (Å²) in [5.74, 6) is 1.47. The summed E-state index contributed by atoms with van der Waals surface area (Å²) in [6.45, 7) is 14.3. The minimum absolute atomic E-state index is 0.397. The molecule has 2 aliphatic heterocycles. The predicted octanol–water partition coefficient (Wildman–Crippen LogP) is 2.35. The lowest BCUT2D eigenvalue weighted by molar-refractivity contribution is 0.0323. The summed E-state index contributed by atoms with van der Waals surface area (Å²) in [5.41, 5.74) is 1.39. The fourth-order valence-electron chi connectivity index (χ4n) is 4.25. The van der Waals surface area contributed by atoms with E-state index in [2.05, 4.69) is 64.6 Å². The Kier molecular flexibility index (Phi) is 9.25. The minimum Gasteiger partial charge on any atom is -0.379 e. The van der Waals surface area contributed by atoms with Crippen LogP contribution in [-0.2, 0) is 4.74 Å². The highest BCUT2D eigenvalue weighted by atomic mass is 16.5. The molecule has 162 valence electrons. The molecule has 6 heteroatoms. The Morgan fingerprint density at radius 3 is 2.48 bits per heavy atom. The van der Waals surface area contributed by atoms with E-state index in [1.54, 1.807) is 0 Å². The fraction of sp³-hybridized carbons (Fsp3) is 0.696. The van der Waals surface area contributed by atoms with Gasteiger partial charge in [0.05, 0.1) is 19.3 Å². The van der Waals surface area contributed by atoms with Gasteiger partial charge in [0.15, 0.2) is 5.96 Å². The van der Waals surface area contributed by atoms with Gasteiger partial charge in [0.2, 0.25) is 0 Å². The van der Waals surface area contributed by atoms with Crippen molar-refractivity contribution in [2.45, 2.75) is 32.7 Å². The quantitative estimate of drug-likeness (QED) is 0.491. The molecule has 0 radical (unpaired) electrons. The van der Waals surface area contributed by atoms with Gasteiger partial charge in [0, 0.05) is 39.3 Å². The smallest absolute Gasteiger partial charge is 0.191 e. The molecular formula is C23H39N5O. The Balaban J connectivity index is 1.55. The monoisotopic (exact) mass is 401 g/mol. The molecule has 2 N–H and O–H groups in total. The van der Waals surface area contributed by atoms with E-state index in [0.29, 0.717) is 12.0 Å². The van der Waals surface area contributed by atoms with Gasteiger partial charge in [-0.05, 0) is 44.3 Å². The number of likely N-dealkylation sites (tertiary alicyclic amines) is 1.